The van der Waals surface area contributed by atoms with Crippen LogP contribution in [0.3, 0.4) is 0 Å². The van der Waals surface area contributed by atoms with Gasteiger partial charge in [-0.2, -0.15) is 0 Å². The molecule has 4 aliphatic heterocycles. The maximum absolute atomic E-state index is 12.0. The van der Waals surface area contributed by atoms with Gasteiger partial charge < -0.3 is 4.57 Å². The molecule has 1 atom stereocenters. The Kier molecular flexibility index (Phi) is 0.558. The van der Waals surface area contributed by atoms with Gasteiger partial charge >= 0.3 is 0 Å². The Balaban J connectivity index is 2.52. The van der Waals surface area contributed by atoms with Gasteiger partial charge in [-0.15, -0.1) is 0 Å². The van der Waals surface area contributed by atoms with E-state index in [9.17, 15) is 4.57 Å². The number of nitrogens with zero attached hydrogens (tertiary/aromatic N) is 2. The van der Waals surface area contributed by atoms with E-state index < -0.39 is 7.14 Å². The summed E-state index contributed by atoms with van der Waals surface area (Å²) in [5.74, 6) is 0. The molecule has 1 unspecified atom stereocenters. The number of benzene rings is 1. The number of aromatic nitrogens is 2. The predicted octanol–water partition coefficient (Wildman–Crippen LogP) is -0.104. The van der Waals surface area contributed by atoms with Gasteiger partial charge in [0.1, 0.15) is 5.44 Å². The Labute approximate surface area is 67.8 Å². The molecule has 0 aliphatic carbocycles. The van der Waals surface area contributed by atoms with E-state index in [-0.39, 0.29) is 0 Å². The predicted molar refractivity (Wildman–Crippen MR) is 46.0 cm³/mol. The lowest BCUT2D eigenvalue weighted by molar-refractivity contribution is 0.588. The fourth-order valence-electron chi connectivity index (χ4n) is 1.98. The van der Waals surface area contributed by atoms with E-state index in [1.54, 1.807) is 0 Å². The third kappa shape index (κ3) is 0.291. The van der Waals surface area contributed by atoms with Crippen molar-refractivity contribution in [1.29, 1.82) is 0 Å². The van der Waals surface area contributed by atoms with Crippen molar-refractivity contribution in [1.82, 2.24) is 9.97 Å². The highest BCUT2D eigenvalue weighted by molar-refractivity contribution is 7.89. The summed E-state index contributed by atoms with van der Waals surface area (Å²) in [6.45, 7) is 0. The first kappa shape index (κ1) is 5.44. The number of hydrogen-bond donors (Lipinski definition) is 0. The first-order chi connectivity index (χ1) is 5.82. The zero-order valence-corrected chi connectivity index (χ0v) is 6.88. The average molecular weight is 174 g/mol. The fourth-order valence-corrected chi connectivity index (χ4v) is 4.41. The molecule has 5 heterocycles. The molecule has 0 saturated carbocycles. The largest absolute Gasteiger partial charge is 0.304 e. The van der Waals surface area contributed by atoms with Gasteiger partial charge in [-0.05, 0) is 12.1 Å². The number of hydrogen-bond acceptors (Lipinski definition) is 3. The highest BCUT2D eigenvalue weighted by atomic mass is 31.2. The minimum atomic E-state index is -2.28. The van der Waals surface area contributed by atoms with Crippen molar-refractivity contribution in [2.45, 2.75) is 0 Å². The minimum Gasteiger partial charge on any atom is -0.304 e. The molecular formula is C8H3N2OP. The summed E-state index contributed by atoms with van der Waals surface area (Å²) in [6, 6.07) is 5.77. The summed E-state index contributed by atoms with van der Waals surface area (Å²) in [5, 5.41) is 2.02. The standard InChI is InChI=1S/C8H3N2OP/c11-12-5-3-1-2-4-6(5)7(12)10-8(12)9-4/h1-3H. The molecule has 1 aromatic heterocycles. The molecule has 0 amide bonds. The highest BCUT2D eigenvalue weighted by Crippen LogP contribution is 2.55. The van der Waals surface area contributed by atoms with Crippen LogP contribution in [-0.4, -0.2) is 9.97 Å². The molecule has 4 aliphatic rings. The molecule has 4 heteroatoms. The molecule has 0 saturated heterocycles. The topological polar surface area (TPSA) is 42.9 Å². The lowest BCUT2D eigenvalue weighted by Crippen LogP contribution is -2.52. The highest BCUT2D eigenvalue weighted by Gasteiger charge is 2.53. The summed E-state index contributed by atoms with van der Waals surface area (Å²) < 4.78 is 12.0. The molecule has 56 valence electrons. The zero-order chi connectivity index (χ0) is 7.92. The molecule has 6 rings (SSSR count). The van der Waals surface area contributed by atoms with Crippen molar-refractivity contribution in [2.75, 3.05) is 0 Å². The second kappa shape index (κ2) is 1.23. The van der Waals surface area contributed by atoms with Crippen molar-refractivity contribution < 1.29 is 4.57 Å². The summed E-state index contributed by atoms with van der Waals surface area (Å²) in [4.78, 5) is 8.27. The van der Waals surface area contributed by atoms with Crippen LogP contribution in [0.4, 0.5) is 0 Å². The summed E-state index contributed by atoms with van der Waals surface area (Å²) in [7, 11) is -2.28. The zero-order valence-electron chi connectivity index (χ0n) is 5.98. The molecule has 6 bridgehead atoms. The maximum atomic E-state index is 12.0. The molecule has 1 aromatic carbocycles. The van der Waals surface area contributed by atoms with E-state index in [1.807, 2.05) is 18.2 Å². The Morgan fingerprint density at radius 2 is 2.17 bits per heavy atom. The third-order valence-corrected chi connectivity index (χ3v) is 5.32. The lowest BCUT2D eigenvalue weighted by atomic mass is 10.2. The van der Waals surface area contributed by atoms with Crippen LogP contribution < -0.4 is 16.3 Å². The molecule has 12 heavy (non-hydrogen) atoms. The van der Waals surface area contributed by atoms with E-state index in [1.165, 1.54) is 0 Å². The molecule has 0 spiro atoms. The first-order valence-corrected chi connectivity index (χ1v) is 5.45. The normalized spacial score (nSPS) is 27.0. The van der Waals surface area contributed by atoms with Crippen molar-refractivity contribution in [3.63, 3.8) is 0 Å². The SMILES string of the molecule is O=P12c3nc1c1c2cccc1n3. The summed E-state index contributed by atoms with van der Waals surface area (Å²) >= 11 is 0. The molecular weight excluding hydrogens is 171 g/mol. The molecule has 0 radical (unpaired) electrons. The molecule has 0 N–H and O–H groups in total. The monoisotopic (exact) mass is 174 g/mol. The van der Waals surface area contributed by atoms with Crippen LogP contribution in [0.25, 0.3) is 10.9 Å². The Morgan fingerprint density at radius 1 is 1.25 bits per heavy atom. The van der Waals surface area contributed by atoms with Gasteiger partial charge in [0.05, 0.1) is 5.52 Å². The van der Waals surface area contributed by atoms with Crippen molar-refractivity contribution in [2.24, 2.45) is 0 Å². The van der Waals surface area contributed by atoms with Crippen molar-refractivity contribution in [3.05, 3.63) is 18.2 Å². The van der Waals surface area contributed by atoms with Gasteiger partial charge in [0, 0.05) is 10.7 Å². The molecule has 2 aromatic rings. The van der Waals surface area contributed by atoms with Crippen molar-refractivity contribution in [3.8, 4) is 0 Å². The van der Waals surface area contributed by atoms with Gasteiger partial charge in [-0.3, -0.25) is 0 Å². The Morgan fingerprint density at radius 3 is 2.92 bits per heavy atom. The van der Waals surface area contributed by atoms with E-state index in [0.717, 1.165) is 21.6 Å². The van der Waals surface area contributed by atoms with E-state index in [4.69, 9.17) is 0 Å². The van der Waals surface area contributed by atoms with Crippen LogP contribution in [-0.2, 0) is 4.57 Å². The van der Waals surface area contributed by atoms with Gasteiger partial charge in [0.25, 0.3) is 0 Å². The molecule has 0 fully saturated rings. The van der Waals surface area contributed by atoms with Crippen molar-refractivity contribution >= 4 is 34.3 Å². The van der Waals surface area contributed by atoms with Crippen LogP contribution in [0.1, 0.15) is 0 Å². The third-order valence-electron chi connectivity index (χ3n) is 2.59. The second-order valence-corrected chi connectivity index (χ2v) is 5.65. The fraction of sp³-hybridized carbons (Fsp3) is 0. The lowest BCUT2D eigenvalue weighted by Gasteiger charge is -2.36. The second-order valence-electron chi connectivity index (χ2n) is 3.13. The van der Waals surface area contributed by atoms with Crippen LogP contribution in [0, 0.1) is 0 Å². The quantitative estimate of drug-likeness (QED) is 0.349. The maximum Gasteiger partial charge on any atom is 0.225 e. The van der Waals surface area contributed by atoms with Gasteiger partial charge in [0.2, 0.25) is 12.7 Å². The van der Waals surface area contributed by atoms with Gasteiger partial charge in [-0.25, -0.2) is 9.97 Å². The minimum absolute atomic E-state index is 0.568. The first-order valence-electron chi connectivity index (χ1n) is 3.74. The van der Waals surface area contributed by atoms with Gasteiger partial charge in [-0.1, -0.05) is 6.07 Å². The van der Waals surface area contributed by atoms with E-state index >= 15 is 0 Å². The smallest absolute Gasteiger partial charge is 0.225 e. The Hall–Kier alpha value is -1.21. The van der Waals surface area contributed by atoms with E-state index in [2.05, 4.69) is 9.97 Å². The van der Waals surface area contributed by atoms with E-state index in [0.29, 0.717) is 5.57 Å². The summed E-state index contributed by atoms with van der Waals surface area (Å²) in [5.41, 5.74) is 2.33. The average Bonchev–Trinajstić information content (AvgIpc) is 2.14. The van der Waals surface area contributed by atoms with Crippen LogP contribution >= 0.6 is 7.14 Å². The Bertz CT molecular complexity index is 605. The number of rotatable bonds is 0. The summed E-state index contributed by atoms with van der Waals surface area (Å²) in [6.07, 6.45) is 0. The van der Waals surface area contributed by atoms with Crippen LogP contribution in [0.2, 0.25) is 0 Å². The van der Waals surface area contributed by atoms with Gasteiger partial charge in [0.15, 0.2) is 0 Å². The van der Waals surface area contributed by atoms with Crippen LogP contribution in [0.5, 0.6) is 0 Å². The van der Waals surface area contributed by atoms with Crippen LogP contribution in [0.15, 0.2) is 18.2 Å². The molecule has 3 nitrogen and oxygen atoms in total.